The summed E-state index contributed by atoms with van der Waals surface area (Å²) >= 11 is 0. The number of aromatic nitrogens is 4. The van der Waals surface area contributed by atoms with Crippen molar-refractivity contribution in [1.29, 1.82) is 0 Å². The highest BCUT2D eigenvalue weighted by Crippen LogP contribution is 2.61. The summed E-state index contributed by atoms with van der Waals surface area (Å²) in [6.45, 7) is 0.731. The number of anilines is 1. The van der Waals surface area contributed by atoms with E-state index in [0.717, 1.165) is 11.1 Å². The second-order valence-corrected chi connectivity index (χ2v) is 9.66. The zero-order valence-electron chi connectivity index (χ0n) is 17.9. The molecular weight excluding hydrogens is 441 g/mol. The SMILES string of the molecule is Nc1ncnc2c1ncn2CCOCP1(=O)OC(c2ccccc2)CC(c2ccccc2)O1. The van der Waals surface area contributed by atoms with Crippen LogP contribution in [0.3, 0.4) is 0 Å². The number of nitrogens with zero attached hydrogens (tertiary/aromatic N) is 4. The van der Waals surface area contributed by atoms with Crippen molar-refractivity contribution in [1.82, 2.24) is 19.5 Å². The van der Waals surface area contributed by atoms with E-state index in [0.29, 0.717) is 29.9 Å². The van der Waals surface area contributed by atoms with Gasteiger partial charge in [-0.2, -0.15) is 0 Å². The number of rotatable bonds is 7. The Kier molecular flexibility index (Phi) is 6.20. The van der Waals surface area contributed by atoms with Crippen LogP contribution in [-0.4, -0.2) is 32.5 Å². The maximum atomic E-state index is 13.6. The Morgan fingerprint density at radius 3 is 2.24 bits per heavy atom. The molecule has 0 amide bonds. The summed E-state index contributed by atoms with van der Waals surface area (Å²) in [7, 11) is -3.51. The summed E-state index contributed by atoms with van der Waals surface area (Å²) in [5, 5.41) is 0. The minimum absolute atomic E-state index is 0.149. The molecule has 2 atom stereocenters. The summed E-state index contributed by atoms with van der Waals surface area (Å²) in [6.07, 6.45) is 2.75. The van der Waals surface area contributed by atoms with Gasteiger partial charge >= 0.3 is 7.60 Å². The first-order valence-electron chi connectivity index (χ1n) is 10.7. The Labute approximate surface area is 191 Å². The zero-order chi connectivity index (χ0) is 22.7. The topological polar surface area (TPSA) is 114 Å². The van der Waals surface area contributed by atoms with Crippen LogP contribution in [0.15, 0.2) is 73.3 Å². The molecule has 1 saturated heterocycles. The van der Waals surface area contributed by atoms with E-state index in [2.05, 4.69) is 15.0 Å². The molecule has 1 fully saturated rings. The highest BCUT2D eigenvalue weighted by molar-refractivity contribution is 7.53. The molecule has 1 aliphatic heterocycles. The van der Waals surface area contributed by atoms with Crippen molar-refractivity contribution in [2.75, 3.05) is 18.7 Å². The lowest BCUT2D eigenvalue weighted by molar-refractivity contribution is 0.0137. The Morgan fingerprint density at radius 2 is 1.61 bits per heavy atom. The number of hydrogen-bond donors (Lipinski definition) is 1. The van der Waals surface area contributed by atoms with Crippen LogP contribution in [0, 0.1) is 0 Å². The van der Waals surface area contributed by atoms with Gasteiger partial charge in [0, 0.05) is 13.0 Å². The fourth-order valence-electron chi connectivity index (χ4n) is 3.88. The first-order chi connectivity index (χ1) is 16.1. The lowest BCUT2D eigenvalue weighted by atomic mass is 9.99. The molecule has 5 rings (SSSR count). The molecule has 10 heteroatoms. The Morgan fingerprint density at radius 1 is 0.970 bits per heavy atom. The average molecular weight is 465 g/mol. The first-order valence-corrected chi connectivity index (χ1v) is 12.4. The van der Waals surface area contributed by atoms with Crippen LogP contribution < -0.4 is 5.73 Å². The van der Waals surface area contributed by atoms with Crippen LogP contribution in [0.25, 0.3) is 11.2 Å². The maximum Gasteiger partial charge on any atom is 0.357 e. The minimum atomic E-state index is -3.51. The van der Waals surface area contributed by atoms with Gasteiger partial charge in [0.1, 0.15) is 18.2 Å². The van der Waals surface area contributed by atoms with E-state index >= 15 is 0 Å². The Hall–Kier alpha value is -3.10. The molecule has 170 valence electrons. The molecule has 0 spiro atoms. The van der Waals surface area contributed by atoms with Crippen LogP contribution >= 0.6 is 7.60 Å². The van der Waals surface area contributed by atoms with Crippen molar-refractivity contribution in [2.24, 2.45) is 0 Å². The van der Waals surface area contributed by atoms with Crippen molar-refractivity contribution in [3.63, 3.8) is 0 Å². The number of ether oxygens (including phenoxy) is 1. The summed E-state index contributed by atoms with van der Waals surface area (Å²) in [4.78, 5) is 12.4. The standard InChI is InChI=1S/C23H24N5O4P/c24-22-21-23(26-14-25-22)28(15-27-21)11-12-30-16-33(29)31-19(17-7-3-1-4-8-17)13-20(32-33)18-9-5-2-6-10-18/h1-10,14-15,19-20H,11-13,16H2,(H2,24,25,26). The third-order valence-electron chi connectivity index (χ3n) is 5.50. The lowest BCUT2D eigenvalue weighted by Crippen LogP contribution is -2.20. The largest absolute Gasteiger partial charge is 0.382 e. The summed E-state index contributed by atoms with van der Waals surface area (Å²) in [6, 6.07) is 19.6. The molecule has 4 aromatic rings. The van der Waals surface area contributed by atoms with Crippen LogP contribution in [0.4, 0.5) is 5.82 Å². The molecule has 0 radical (unpaired) electrons. The minimum Gasteiger partial charge on any atom is -0.382 e. The van der Waals surface area contributed by atoms with Crippen molar-refractivity contribution in [3.8, 4) is 0 Å². The quantitative estimate of drug-likeness (QED) is 0.314. The summed E-state index contributed by atoms with van der Waals surface area (Å²) < 4.78 is 33.1. The number of hydrogen-bond acceptors (Lipinski definition) is 8. The molecular formula is C23H24N5O4P. The molecule has 0 aliphatic carbocycles. The number of fused-ring (bicyclic) bond motifs is 1. The van der Waals surface area contributed by atoms with Crippen LogP contribution in [0.2, 0.25) is 0 Å². The maximum absolute atomic E-state index is 13.6. The molecule has 2 aromatic heterocycles. The lowest BCUT2D eigenvalue weighted by Gasteiger charge is -2.35. The fourth-order valence-corrected chi connectivity index (χ4v) is 5.60. The van der Waals surface area contributed by atoms with E-state index in [-0.39, 0.29) is 25.2 Å². The summed E-state index contributed by atoms with van der Waals surface area (Å²) in [5.74, 6) is 0.326. The highest BCUT2D eigenvalue weighted by atomic mass is 31.2. The normalized spacial score (nSPS) is 23.0. The monoisotopic (exact) mass is 465 g/mol. The van der Waals surface area contributed by atoms with E-state index < -0.39 is 7.60 Å². The molecule has 33 heavy (non-hydrogen) atoms. The van der Waals surface area contributed by atoms with E-state index in [1.807, 2.05) is 65.2 Å². The van der Waals surface area contributed by atoms with Gasteiger partial charge in [-0.25, -0.2) is 15.0 Å². The summed E-state index contributed by atoms with van der Waals surface area (Å²) in [5.41, 5.74) is 8.92. The predicted octanol–water partition coefficient (Wildman–Crippen LogP) is 4.50. The van der Waals surface area contributed by atoms with Crippen molar-refractivity contribution in [2.45, 2.75) is 25.2 Å². The van der Waals surface area contributed by atoms with Gasteiger partial charge < -0.3 is 15.0 Å². The number of nitrogen functional groups attached to an aromatic ring is 1. The van der Waals surface area contributed by atoms with E-state index in [1.165, 1.54) is 6.33 Å². The Bertz CT molecular complexity index is 1220. The number of imidazole rings is 1. The van der Waals surface area contributed by atoms with Crippen molar-refractivity contribution in [3.05, 3.63) is 84.4 Å². The van der Waals surface area contributed by atoms with Gasteiger partial charge in [-0.1, -0.05) is 60.7 Å². The highest BCUT2D eigenvalue weighted by Gasteiger charge is 2.40. The van der Waals surface area contributed by atoms with Crippen molar-refractivity contribution < 1.29 is 18.3 Å². The van der Waals surface area contributed by atoms with Crippen LogP contribution in [0.5, 0.6) is 0 Å². The molecule has 3 heterocycles. The fraction of sp³-hybridized carbons (Fsp3) is 0.261. The van der Waals surface area contributed by atoms with Gasteiger partial charge in [0.15, 0.2) is 11.5 Å². The second-order valence-electron chi connectivity index (χ2n) is 7.76. The molecule has 2 N–H and O–H groups in total. The van der Waals surface area contributed by atoms with Crippen LogP contribution in [-0.2, 0) is 24.9 Å². The van der Waals surface area contributed by atoms with Gasteiger partial charge in [-0.15, -0.1) is 0 Å². The van der Waals surface area contributed by atoms with E-state index in [1.54, 1.807) is 6.33 Å². The van der Waals surface area contributed by atoms with Gasteiger partial charge in [-0.05, 0) is 11.1 Å². The number of benzene rings is 2. The van der Waals surface area contributed by atoms with Gasteiger partial charge in [-0.3, -0.25) is 13.6 Å². The third kappa shape index (κ3) is 4.82. The van der Waals surface area contributed by atoms with E-state index in [4.69, 9.17) is 19.5 Å². The second kappa shape index (κ2) is 9.41. The predicted molar refractivity (Wildman–Crippen MR) is 123 cm³/mol. The number of nitrogens with two attached hydrogens (primary N) is 1. The third-order valence-corrected chi connectivity index (χ3v) is 7.15. The van der Waals surface area contributed by atoms with Gasteiger partial charge in [0.05, 0.1) is 25.1 Å². The zero-order valence-corrected chi connectivity index (χ0v) is 18.8. The smallest absolute Gasteiger partial charge is 0.357 e. The average Bonchev–Trinajstić information content (AvgIpc) is 3.27. The Balaban J connectivity index is 1.28. The molecule has 2 unspecified atom stereocenters. The molecule has 1 aliphatic rings. The van der Waals surface area contributed by atoms with E-state index in [9.17, 15) is 4.57 Å². The molecule has 9 nitrogen and oxygen atoms in total. The molecule has 0 saturated carbocycles. The van der Waals surface area contributed by atoms with Gasteiger partial charge in [0.25, 0.3) is 0 Å². The van der Waals surface area contributed by atoms with Crippen molar-refractivity contribution >= 4 is 24.6 Å². The molecule has 0 bridgehead atoms. The van der Waals surface area contributed by atoms with Gasteiger partial charge in [0.2, 0.25) is 0 Å². The first kappa shape index (κ1) is 21.7. The van der Waals surface area contributed by atoms with Crippen LogP contribution in [0.1, 0.15) is 29.8 Å². The molecule has 2 aromatic carbocycles.